The molecule has 2 heteroatoms. The van der Waals surface area contributed by atoms with Crippen LogP contribution in [0.15, 0.2) is 30.6 Å². The molecule has 0 aliphatic carbocycles. The number of pyridine rings is 1. The van der Waals surface area contributed by atoms with Gasteiger partial charge in [-0.1, -0.05) is 33.1 Å². The summed E-state index contributed by atoms with van der Waals surface area (Å²) in [6.07, 6.45) is 7.85. The monoisotopic (exact) mass is 207 g/mol. The Morgan fingerprint density at radius 1 is 1.00 bits per heavy atom. The van der Waals surface area contributed by atoms with Crippen LogP contribution in [0, 0.1) is 0 Å². The van der Waals surface area contributed by atoms with Crippen molar-refractivity contribution in [2.75, 3.05) is 0 Å². The number of hydrogen-bond donors (Lipinski definition) is 0. The van der Waals surface area contributed by atoms with E-state index in [-0.39, 0.29) is 0 Å². The van der Waals surface area contributed by atoms with Gasteiger partial charge >= 0.3 is 50.4 Å². The third-order valence-corrected chi connectivity index (χ3v) is 1.71. The normalized spacial score (nSPS) is 8.58. The maximum atomic E-state index is 3.64. The van der Waals surface area contributed by atoms with Gasteiger partial charge in [-0.2, -0.15) is 0 Å². The molecule has 0 aliphatic heterocycles. The standard InChI is InChI=1S/C5H5N.C5H12.Fe/c1-2-4-6-5-3-1;1-3-5-4-2;/h1-5H;3-5H2,1-2H3;/q;;+1. The maximum absolute atomic E-state index is 3.64. The molecular weight excluding hydrogens is 190 g/mol. The van der Waals surface area contributed by atoms with Crippen LogP contribution in [-0.2, 0) is 16.2 Å². The van der Waals surface area contributed by atoms with Gasteiger partial charge in [-0.25, -0.2) is 0 Å². The van der Waals surface area contributed by atoms with Gasteiger partial charge in [0.1, 0.15) is 0 Å². The molecule has 0 saturated carbocycles. The van der Waals surface area contributed by atoms with Crippen LogP contribution >= 0.6 is 0 Å². The molecular formula is C10H17FeN+. The number of hydrogen-bond acceptors (Lipinski definition) is 0. The Bertz CT molecular complexity index is 172. The third-order valence-electron chi connectivity index (χ3n) is 1.38. The van der Waals surface area contributed by atoms with E-state index < -0.39 is 0 Å². The fraction of sp³-hybridized carbons (Fsp3) is 0.500. The molecule has 0 amide bonds. The first-order valence-corrected chi connectivity index (χ1v) is 4.92. The summed E-state index contributed by atoms with van der Waals surface area (Å²) in [5.74, 6) is 0. The Labute approximate surface area is 83.8 Å². The number of rotatable bonds is 2. The van der Waals surface area contributed by atoms with Crippen molar-refractivity contribution >= 4 is 0 Å². The van der Waals surface area contributed by atoms with Crippen molar-refractivity contribution in [3.05, 3.63) is 30.6 Å². The van der Waals surface area contributed by atoms with Crippen LogP contribution in [0.1, 0.15) is 33.1 Å². The fourth-order valence-corrected chi connectivity index (χ4v) is 0.917. The predicted molar refractivity (Wildman–Crippen MR) is 47.2 cm³/mol. The quantitative estimate of drug-likeness (QED) is 0.656. The van der Waals surface area contributed by atoms with Gasteiger partial charge in [-0.05, 0) is 0 Å². The Morgan fingerprint density at radius 2 is 1.50 bits per heavy atom. The topological polar surface area (TPSA) is 3.88 Å². The molecule has 0 fully saturated rings. The van der Waals surface area contributed by atoms with Crippen LogP contribution in [0.25, 0.3) is 0 Å². The van der Waals surface area contributed by atoms with E-state index in [0.29, 0.717) is 0 Å². The van der Waals surface area contributed by atoms with E-state index in [9.17, 15) is 0 Å². The van der Waals surface area contributed by atoms with E-state index in [0.717, 1.165) is 0 Å². The molecule has 0 spiro atoms. The first-order chi connectivity index (χ1) is 5.81. The van der Waals surface area contributed by atoms with E-state index >= 15 is 0 Å². The van der Waals surface area contributed by atoms with E-state index in [1.807, 2.05) is 30.6 Å². The molecule has 1 rings (SSSR count). The summed E-state index contributed by atoms with van der Waals surface area (Å²) in [5, 5.41) is 0. The summed E-state index contributed by atoms with van der Waals surface area (Å²) >= 11 is 3.64. The van der Waals surface area contributed by atoms with Gasteiger partial charge in [-0.15, -0.1) is 0 Å². The van der Waals surface area contributed by atoms with E-state index in [1.54, 1.807) is 3.58 Å². The Balaban J connectivity index is 0.000000217. The van der Waals surface area contributed by atoms with E-state index in [1.165, 1.54) is 19.3 Å². The molecule has 0 saturated heterocycles. The van der Waals surface area contributed by atoms with Crippen molar-refractivity contribution in [2.24, 2.45) is 0 Å². The second kappa shape index (κ2) is 8.76. The summed E-state index contributed by atoms with van der Waals surface area (Å²) in [7, 11) is 0. The van der Waals surface area contributed by atoms with Crippen LogP contribution in [0.5, 0.6) is 0 Å². The molecule has 1 aromatic rings. The summed E-state index contributed by atoms with van der Waals surface area (Å²) in [5.41, 5.74) is 0. The van der Waals surface area contributed by atoms with Gasteiger partial charge in [0.2, 0.25) is 0 Å². The summed E-state index contributed by atoms with van der Waals surface area (Å²) in [4.78, 5) is 0. The van der Waals surface area contributed by atoms with Gasteiger partial charge in [-0.3, -0.25) is 0 Å². The summed E-state index contributed by atoms with van der Waals surface area (Å²) in [6, 6.07) is 5.84. The van der Waals surface area contributed by atoms with Crippen LogP contribution in [0.2, 0.25) is 0 Å². The van der Waals surface area contributed by atoms with Crippen LogP contribution in [0.4, 0.5) is 0 Å². The van der Waals surface area contributed by atoms with Gasteiger partial charge in [0.25, 0.3) is 0 Å². The van der Waals surface area contributed by atoms with E-state index in [4.69, 9.17) is 0 Å². The molecule has 0 aliphatic rings. The second-order valence-corrected chi connectivity index (χ2v) is 3.13. The van der Waals surface area contributed by atoms with E-state index in [2.05, 4.69) is 30.1 Å². The summed E-state index contributed by atoms with van der Waals surface area (Å²) in [6.45, 7) is 4.42. The fourth-order valence-electron chi connectivity index (χ4n) is 0.727. The predicted octanol–water partition coefficient (Wildman–Crippen LogP) is 2.48. The first kappa shape index (κ1) is 11.7. The summed E-state index contributed by atoms with van der Waals surface area (Å²) < 4.78 is 1.75. The molecule has 0 unspecified atom stereocenters. The van der Waals surface area contributed by atoms with Crippen molar-refractivity contribution in [3.63, 3.8) is 0 Å². The average molecular weight is 207 g/mol. The zero-order valence-electron chi connectivity index (χ0n) is 7.81. The van der Waals surface area contributed by atoms with Crippen molar-refractivity contribution in [2.45, 2.75) is 33.1 Å². The minimum atomic E-state index is 1.34. The van der Waals surface area contributed by atoms with Crippen LogP contribution in [-0.4, -0.2) is 0 Å². The van der Waals surface area contributed by atoms with Gasteiger partial charge in [0.05, 0.1) is 0 Å². The molecule has 0 atom stereocenters. The van der Waals surface area contributed by atoms with Crippen LogP contribution in [0.3, 0.4) is 0 Å². The Hall–Kier alpha value is -0.331. The van der Waals surface area contributed by atoms with Gasteiger partial charge in [0, 0.05) is 0 Å². The van der Waals surface area contributed by atoms with Crippen molar-refractivity contribution in [3.8, 4) is 0 Å². The number of nitrogens with zero attached hydrogens (tertiary/aromatic N) is 1. The SMILES string of the molecule is CCCCC.[Fe][n+]1ccccc1. The number of aromatic nitrogens is 1. The molecule has 0 aromatic carbocycles. The van der Waals surface area contributed by atoms with Gasteiger partial charge < -0.3 is 0 Å². The number of unbranched alkanes of at least 4 members (excludes halogenated alkanes) is 2. The van der Waals surface area contributed by atoms with Gasteiger partial charge in [0.15, 0.2) is 0 Å². The van der Waals surface area contributed by atoms with Crippen molar-refractivity contribution < 1.29 is 19.8 Å². The van der Waals surface area contributed by atoms with Crippen molar-refractivity contribution in [1.29, 1.82) is 0 Å². The molecule has 0 N–H and O–H groups in total. The Morgan fingerprint density at radius 3 is 1.67 bits per heavy atom. The first-order valence-electron chi connectivity index (χ1n) is 4.42. The van der Waals surface area contributed by atoms with Crippen molar-refractivity contribution in [1.82, 2.24) is 0 Å². The average Bonchev–Trinajstić information content (AvgIpc) is 2.08. The molecule has 1 nitrogen and oxygen atoms in total. The minimum absolute atomic E-state index is 1.34. The molecule has 69 valence electrons. The third kappa shape index (κ3) is 7.77. The zero-order valence-corrected chi connectivity index (χ0v) is 8.91. The second-order valence-electron chi connectivity index (χ2n) is 2.56. The molecule has 0 bridgehead atoms. The molecule has 12 heavy (non-hydrogen) atoms. The van der Waals surface area contributed by atoms with Crippen LogP contribution < -0.4 is 3.58 Å². The molecule has 1 heterocycles. The zero-order chi connectivity index (χ0) is 9.23. The Kier molecular flexibility index (Phi) is 8.52. The molecule has 1 aromatic heterocycles. The molecule has 0 radical (unpaired) electrons.